The third kappa shape index (κ3) is 15.4. The van der Waals surface area contributed by atoms with Gasteiger partial charge in [0.05, 0.1) is 0 Å². The SMILES string of the molecule is C=C(C)C(=O)OC(CCCCCCCCCCCCCCCC)N(C)C. The van der Waals surface area contributed by atoms with Crippen LogP contribution in [0.4, 0.5) is 0 Å². The summed E-state index contributed by atoms with van der Waals surface area (Å²) < 4.78 is 5.47. The zero-order chi connectivity index (χ0) is 19.6. The molecule has 3 nitrogen and oxygen atoms in total. The van der Waals surface area contributed by atoms with Crippen molar-refractivity contribution in [3.05, 3.63) is 12.2 Å². The van der Waals surface area contributed by atoms with Crippen molar-refractivity contribution in [2.75, 3.05) is 14.1 Å². The standard InChI is InChI=1S/C23H45NO2/c1-6-7-8-9-10-11-12-13-14-15-16-17-18-19-20-22(24(4)5)26-23(25)21(2)3/h22H,2,6-20H2,1,3-5H3. The third-order valence-corrected chi connectivity index (χ3v) is 4.97. The fraction of sp³-hybridized carbons (Fsp3) is 0.870. The Balaban J connectivity index is 3.45. The Morgan fingerprint density at radius 2 is 1.19 bits per heavy atom. The second-order valence-electron chi connectivity index (χ2n) is 7.99. The second kappa shape index (κ2) is 17.6. The molecule has 0 N–H and O–H groups in total. The molecule has 0 heterocycles. The highest BCUT2D eigenvalue weighted by Crippen LogP contribution is 2.15. The van der Waals surface area contributed by atoms with Gasteiger partial charge in [-0.1, -0.05) is 97.0 Å². The molecule has 0 aliphatic carbocycles. The zero-order valence-corrected chi connectivity index (χ0v) is 18.2. The van der Waals surface area contributed by atoms with E-state index in [4.69, 9.17) is 4.74 Å². The lowest BCUT2D eigenvalue weighted by Crippen LogP contribution is -2.33. The van der Waals surface area contributed by atoms with Crippen molar-refractivity contribution in [1.29, 1.82) is 0 Å². The summed E-state index contributed by atoms with van der Waals surface area (Å²) in [4.78, 5) is 13.6. The molecule has 0 rings (SSSR count). The Morgan fingerprint density at radius 3 is 1.54 bits per heavy atom. The van der Waals surface area contributed by atoms with Gasteiger partial charge in [-0.25, -0.2) is 4.79 Å². The van der Waals surface area contributed by atoms with Crippen LogP contribution in [0.2, 0.25) is 0 Å². The Morgan fingerprint density at radius 1 is 0.808 bits per heavy atom. The minimum absolute atomic E-state index is 0.128. The van der Waals surface area contributed by atoms with Gasteiger partial charge in [0.15, 0.2) is 6.23 Å². The molecule has 0 saturated carbocycles. The maximum absolute atomic E-state index is 11.7. The van der Waals surface area contributed by atoms with Crippen LogP contribution >= 0.6 is 0 Å². The van der Waals surface area contributed by atoms with Gasteiger partial charge in [0.2, 0.25) is 0 Å². The van der Waals surface area contributed by atoms with Gasteiger partial charge in [-0.15, -0.1) is 0 Å². The molecule has 26 heavy (non-hydrogen) atoms. The summed E-state index contributed by atoms with van der Waals surface area (Å²) in [6.45, 7) is 7.62. The summed E-state index contributed by atoms with van der Waals surface area (Å²) in [6.07, 6.45) is 19.8. The first kappa shape index (κ1) is 25.2. The van der Waals surface area contributed by atoms with Crippen LogP contribution in [-0.2, 0) is 9.53 Å². The maximum Gasteiger partial charge on any atom is 0.334 e. The van der Waals surface area contributed by atoms with Gasteiger partial charge >= 0.3 is 5.97 Å². The predicted molar refractivity (Wildman–Crippen MR) is 113 cm³/mol. The molecule has 0 radical (unpaired) electrons. The molecule has 0 bridgehead atoms. The number of rotatable bonds is 18. The number of carbonyl (C=O) groups is 1. The highest BCUT2D eigenvalue weighted by atomic mass is 16.6. The van der Waals surface area contributed by atoms with Crippen molar-refractivity contribution in [2.45, 2.75) is 116 Å². The van der Waals surface area contributed by atoms with Gasteiger partial charge in [0.25, 0.3) is 0 Å². The van der Waals surface area contributed by atoms with Crippen LogP contribution < -0.4 is 0 Å². The zero-order valence-electron chi connectivity index (χ0n) is 18.2. The number of unbranched alkanes of at least 4 members (excludes halogenated alkanes) is 13. The summed E-state index contributed by atoms with van der Waals surface area (Å²) >= 11 is 0. The normalized spacial score (nSPS) is 12.3. The third-order valence-electron chi connectivity index (χ3n) is 4.97. The van der Waals surface area contributed by atoms with Crippen LogP contribution in [0, 0.1) is 0 Å². The summed E-state index contributed by atoms with van der Waals surface area (Å²) in [5.41, 5.74) is 0.470. The van der Waals surface area contributed by atoms with Gasteiger partial charge in [-0.05, 0) is 33.9 Å². The smallest absolute Gasteiger partial charge is 0.334 e. The van der Waals surface area contributed by atoms with Gasteiger partial charge in [0.1, 0.15) is 0 Å². The van der Waals surface area contributed by atoms with E-state index >= 15 is 0 Å². The van der Waals surface area contributed by atoms with Gasteiger partial charge in [0, 0.05) is 5.57 Å². The number of hydrogen-bond acceptors (Lipinski definition) is 3. The lowest BCUT2D eigenvalue weighted by Gasteiger charge is -2.24. The van der Waals surface area contributed by atoms with E-state index in [-0.39, 0.29) is 12.2 Å². The Kier molecular flexibility index (Phi) is 17.0. The molecule has 0 saturated heterocycles. The van der Waals surface area contributed by atoms with Gasteiger partial charge in [-0.2, -0.15) is 0 Å². The van der Waals surface area contributed by atoms with E-state index in [1.807, 2.05) is 19.0 Å². The van der Waals surface area contributed by atoms with E-state index in [0.717, 1.165) is 12.8 Å². The van der Waals surface area contributed by atoms with Crippen molar-refractivity contribution in [3.63, 3.8) is 0 Å². The van der Waals surface area contributed by atoms with Crippen LogP contribution in [0.15, 0.2) is 12.2 Å². The molecule has 0 aromatic carbocycles. The first-order valence-electron chi connectivity index (χ1n) is 11.0. The van der Waals surface area contributed by atoms with Crippen LogP contribution in [0.3, 0.4) is 0 Å². The first-order valence-corrected chi connectivity index (χ1v) is 11.0. The fourth-order valence-electron chi connectivity index (χ4n) is 3.16. The van der Waals surface area contributed by atoms with Crippen LogP contribution in [-0.4, -0.2) is 31.2 Å². The number of carbonyl (C=O) groups excluding carboxylic acids is 1. The Bertz CT molecular complexity index is 352. The van der Waals surface area contributed by atoms with E-state index in [9.17, 15) is 4.79 Å². The molecule has 0 fully saturated rings. The molecular formula is C23H45NO2. The average Bonchev–Trinajstić information content (AvgIpc) is 2.60. The monoisotopic (exact) mass is 367 g/mol. The molecule has 0 aliphatic heterocycles. The highest BCUT2D eigenvalue weighted by Gasteiger charge is 2.16. The minimum Gasteiger partial charge on any atom is -0.443 e. The van der Waals surface area contributed by atoms with Crippen molar-refractivity contribution in [1.82, 2.24) is 4.90 Å². The van der Waals surface area contributed by atoms with Crippen LogP contribution in [0.25, 0.3) is 0 Å². The van der Waals surface area contributed by atoms with Gasteiger partial charge in [-0.3, -0.25) is 4.90 Å². The molecule has 1 atom stereocenters. The predicted octanol–water partition coefficient (Wildman–Crippen LogP) is 6.86. The van der Waals surface area contributed by atoms with Gasteiger partial charge < -0.3 is 4.74 Å². The second-order valence-corrected chi connectivity index (χ2v) is 7.99. The molecule has 0 aromatic rings. The quantitative estimate of drug-likeness (QED) is 0.115. The van der Waals surface area contributed by atoms with E-state index in [1.54, 1.807) is 6.92 Å². The average molecular weight is 368 g/mol. The fourth-order valence-corrected chi connectivity index (χ4v) is 3.16. The van der Waals surface area contributed by atoms with E-state index in [0.29, 0.717) is 5.57 Å². The summed E-state index contributed by atoms with van der Waals surface area (Å²) in [6, 6.07) is 0. The highest BCUT2D eigenvalue weighted by molar-refractivity contribution is 5.87. The molecule has 0 spiro atoms. The Labute approximate surface area is 163 Å². The molecule has 0 aliphatic rings. The summed E-state index contributed by atoms with van der Waals surface area (Å²) in [5, 5.41) is 0. The van der Waals surface area contributed by atoms with Crippen molar-refractivity contribution < 1.29 is 9.53 Å². The lowest BCUT2D eigenvalue weighted by atomic mass is 10.0. The molecule has 0 aromatic heterocycles. The molecular weight excluding hydrogens is 322 g/mol. The van der Waals surface area contributed by atoms with E-state index < -0.39 is 0 Å². The van der Waals surface area contributed by atoms with Crippen molar-refractivity contribution >= 4 is 5.97 Å². The van der Waals surface area contributed by atoms with Crippen molar-refractivity contribution in [2.24, 2.45) is 0 Å². The minimum atomic E-state index is -0.283. The topological polar surface area (TPSA) is 29.5 Å². The van der Waals surface area contributed by atoms with Crippen LogP contribution in [0.1, 0.15) is 110 Å². The molecule has 3 heteroatoms. The van der Waals surface area contributed by atoms with E-state index in [2.05, 4.69) is 13.5 Å². The maximum atomic E-state index is 11.7. The van der Waals surface area contributed by atoms with E-state index in [1.165, 1.54) is 83.5 Å². The number of hydrogen-bond donors (Lipinski definition) is 0. The lowest BCUT2D eigenvalue weighted by molar-refractivity contribution is -0.152. The molecule has 154 valence electrons. The summed E-state index contributed by atoms with van der Waals surface area (Å²) in [7, 11) is 3.92. The number of nitrogens with zero attached hydrogens (tertiary/aromatic N) is 1. The van der Waals surface area contributed by atoms with Crippen LogP contribution in [0.5, 0.6) is 0 Å². The summed E-state index contributed by atoms with van der Waals surface area (Å²) in [5.74, 6) is -0.283. The largest absolute Gasteiger partial charge is 0.443 e. The Hall–Kier alpha value is -0.830. The number of ether oxygens (including phenoxy) is 1. The first-order chi connectivity index (χ1) is 12.5. The van der Waals surface area contributed by atoms with Crippen molar-refractivity contribution in [3.8, 4) is 0 Å². The molecule has 1 unspecified atom stereocenters. The molecule has 0 amide bonds. The number of esters is 1.